The summed E-state index contributed by atoms with van der Waals surface area (Å²) in [5, 5.41) is 6.35. The average Bonchev–Trinajstić information content (AvgIpc) is 2.51. The van der Waals surface area contributed by atoms with Crippen LogP contribution in [0, 0.1) is 3.70 Å². The third kappa shape index (κ3) is 1.54. The molecular formula is C6H2F3IN2S. The first-order valence-corrected chi connectivity index (χ1v) is 5.08. The molecule has 7 heteroatoms. The number of aromatic amines is 1. The van der Waals surface area contributed by atoms with Crippen molar-refractivity contribution in [2.24, 2.45) is 0 Å². The molecule has 0 bridgehead atoms. The van der Waals surface area contributed by atoms with Crippen molar-refractivity contribution >= 4 is 44.1 Å². The van der Waals surface area contributed by atoms with Crippen LogP contribution < -0.4 is 0 Å². The van der Waals surface area contributed by atoms with Crippen LogP contribution in [-0.2, 0) is 6.18 Å². The SMILES string of the molecule is FC(F)(F)c1cc2n[nH]c(I)c2s1. The van der Waals surface area contributed by atoms with Crippen LogP contribution >= 0.6 is 33.9 Å². The van der Waals surface area contributed by atoms with Gasteiger partial charge >= 0.3 is 6.18 Å². The van der Waals surface area contributed by atoms with E-state index < -0.39 is 11.1 Å². The van der Waals surface area contributed by atoms with Crippen LogP contribution in [0.25, 0.3) is 10.2 Å². The maximum Gasteiger partial charge on any atom is 0.425 e. The van der Waals surface area contributed by atoms with Gasteiger partial charge < -0.3 is 0 Å². The Kier molecular flexibility index (Phi) is 2.02. The Morgan fingerprint density at radius 1 is 1.46 bits per heavy atom. The summed E-state index contributed by atoms with van der Waals surface area (Å²) < 4.78 is 37.8. The lowest BCUT2D eigenvalue weighted by atomic mass is 10.4. The smallest absolute Gasteiger partial charge is 0.270 e. The van der Waals surface area contributed by atoms with Gasteiger partial charge in [-0.15, -0.1) is 11.3 Å². The zero-order valence-corrected chi connectivity index (χ0v) is 8.92. The number of nitrogens with zero attached hydrogens (tertiary/aromatic N) is 1. The lowest BCUT2D eigenvalue weighted by molar-refractivity contribution is -0.134. The Balaban J connectivity index is 2.63. The molecule has 0 saturated heterocycles. The van der Waals surface area contributed by atoms with Crippen molar-refractivity contribution in [1.29, 1.82) is 0 Å². The first-order chi connectivity index (χ1) is 5.98. The molecule has 0 saturated carbocycles. The van der Waals surface area contributed by atoms with Crippen molar-refractivity contribution < 1.29 is 13.2 Å². The van der Waals surface area contributed by atoms with Gasteiger partial charge in [0.25, 0.3) is 0 Å². The molecule has 0 spiro atoms. The molecule has 0 unspecified atom stereocenters. The second-order valence-corrected chi connectivity index (χ2v) is 4.49. The maximum atomic E-state index is 12.2. The molecule has 2 nitrogen and oxygen atoms in total. The van der Waals surface area contributed by atoms with E-state index in [0.717, 1.165) is 6.07 Å². The number of fused-ring (bicyclic) bond motifs is 1. The van der Waals surface area contributed by atoms with Crippen molar-refractivity contribution in [3.63, 3.8) is 0 Å². The summed E-state index contributed by atoms with van der Waals surface area (Å²) in [5.74, 6) is 0. The molecule has 0 fully saturated rings. The van der Waals surface area contributed by atoms with Crippen molar-refractivity contribution in [2.75, 3.05) is 0 Å². The van der Waals surface area contributed by atoms with Crippen molar-refractivity contribution in [3.05, 3.63) is 14.6 Å². The highest BCUT2D eigenvalue weighted by Gasteiger charge is 2.33. The number of H-pyrrole nitrogens is 1. The van der Waals surface area contributed by atoms with Gasteiger partial charge in [0.2, 0.25) is 0 Å². The monoisotopic (exact) mass is 318 g/mol. The quantitative estimate of drug-likeness (QED) is 0.742. The van der Waals surface area contributed by atoms with E-state index >= 15 is 0 Å². The Bertz CT molecular complexity index is 444. The Morgan fingerprint density at radius 2 is 2.15 bits per heavy atom. The van der Waals surface area contributed by atoms with Crippen LogP contribution in [0.5, 0.6) is 0 Å². The summed E-state index contributed by atoms with van der Waals surface area (Å²) in [4.78, 5) is -0.600. The average molecular weight is 318 g/mol. The predicted molar refractivity (Wildman–Crippen MR) is 51.7 cm³/mol. The van der Waals surface area contributed by atoms with E-state index in [4.69, 9.17) is 0 Å². The topological polar surface area (TPSA) is 28.7 Å². The molecule has 13 heavy (non-hydrogen) atoms. The molecule has 2 heterocycles. The minimum Gasteiger partial charge on any atom is -0.270 e. The fourth-order valence-corrected chi connectivity index (χ4v) is 2.50. The number of hydrogen-bond acceptors (Lipinski definition) is 2. The second-order valence-electron chi connectivity index (χ2n) is 2.36. The van der Waals surface area contributed by atoms with Gasteiger partial charge in [0, 0.05) is 0 Å². The molecule has 0 radical (unpaired) electrons. The van der Waals surface area contributed by atoms with Crippen molar-refractivity contribution in [1.82, 2.24) is 10.2 Å². The number of aromatic nitrogens is 2. The van der Waals surface area contributed by atoms with E-state index in [1.807, 2.05) is 22.6 Å². The molecule has 2 rings (SSSR count). The van der Waals surface area contributed by atoms with Crippen LogP contribution in [0.15, 0.2) is 6.07 Å². The molecule has 0 atom stereocenters. The second kappa shape index (κ2) is 2.84. The van der Waals surface area contributed by atoms with Crippen LogP contribution in [-0.4, -0.2) is 10.2 Å². The molecule has 0 aliphatic heterocycles. The zero-order chi connectivity index (χ0) is 9.64. The Labute approximate surface area is 88.3 Å². The molecule has 0 amide bonds. The largest absolute Gasteiger partial charge is 0.425 e. The van der Waals surface area contributed by atoms with Gasteiger partial charge in [-0.3, -0.25) is 5.10 Å². The lowest BCUT2D eigenvalue weighted by Gasteiger charge is -1.99. The van der Waals surface area contributed by atoms with Crippen LogP contribution in [0.3, 0.4) is 0 Å². The fourth-order valence-electron chi connectivity index (χ4n) is 0.921. The fraction of sp³-hybridized carbons (Fsp3) is 0.167. The minimum absolute atomic E-state index is 0.377. The highest BCUT2D eigenvalue weighted by atomic mass is 127. The molecule has 0 aliphatic carbocycles. The molecule has 2 aromatic rings. The summed E-state index contributed by atoms with van der Waals surface area (Å²) in [6.07, 6.45) is -4.26. The number of alkyl halides is 3. The Morgan fingerprint density at radius 3 is 2.69 bits per heavy atom. The van der Waals surface area contributed by atoms with Gasteiger partial charge in [0.15, 0.2) is 0 Å². The highest BCUT2D eigenvalue weighted by molar-refractivity contribution is 14.1. The molecule has 1 N–H and O–H groups in total. The summed E-state index contributed by atoms with van der Waals surface area (Å²) in [5.41, 5.74) is 0.377. The molecule has 0 aliphatic rings. The number of rotatable bonds is 0. The van der Waals surface area contributed by atoms with Gasteiger partial charge in [0.05, 0.1) is 4.70 Å². The maximum absolute atomic E-state index is 12.2. The van der Waals surface area contributed by atoms with Crippen molar-refractivity contribution in [3.8, 4) is 0 Å². The summed E-state index contributed by atoms with van der Waals surface area (Å²) in [6.45, 7) is 0. The molecule has 0 aromatic carbocycles. The summed E-state index contributed by atoms with van der Waals surface area (Å²) in [7, 11) is 0. The Hall–Kier alpha value is -0.310. The van der Waals surface area contributed by atoms with E-state index in [-0.39, 0.29) is 0 Å². The third-order valence-corrected chi connectivity index (χ3v) is 3.80. The van der Waals surface area contributed by atoms with Crippen LogP contribution in [0.2, 0.25) is 0 Å². The van der Waals surface area contributed by atoms with E-state index in [2.05, 4.69) is 10.2 Å². The first-order valence-electron chi connectivity index (χ1n) is 3.19. The van der Waals surface area contributed by atoms with Gasteiger partial charge in [-0.25, -0.2) is 0 Å². The van der Waals surface area contributed by atoms with E-state index in [9.17, 15) is 13.2 Å². The van der Waals surface area contributed by atoms with Crippen LogP contribution in [0.1, 0.15) is 4.88 Å². The van der Waals surface area contributed by atoms with Gasteiger partial charge in [-0.2, -0.15) is 18.3 Å². The molecule has 70 valence electrons. The molecular weight excluding hydrogens is 316 g/mol. The number of thiophene rings is 1. The normalized spacial score (nSPS) is 12.6. The van der Waals surface area contributed by atoms with Crippen LogP contribution in [0.4, 0.5) is 13.2 Å². The summed E-state index contributed by atoms with van der Waals surface area (Å²) in [6, 6.07) is 1.05. The van der Waals surface area contributed by atoms with Crippen molar-refractivity contribution in [2.45, 2.75) is 6.18 Å². The van der Waals surface area contributed by atoms with Gasteiger partial charge in [0.1, 0.15) is 14.1 Å². The number of nitrogens with one attached hydrogen (secondary N) is 1. The minimum atomic E-state index is -4.26. The third-order valence-electron chi connectivity index (χ3n) is 1.47. The highest BCUT2D eigenvalue weighted by Crippen LogP contribution is 2.38. The molecule has 2 aromatic heterocycles. The number of hydrogen-bond donors (Lipinski definition) is 1. The number of halogens is 4. The predicted octanol–water partition coefficient (Wildman–Crippen LogP) is 3.25. The van der Waals surface area contributed by atoms with E-state index in [1.165, 1.54) is 0 Å². The van der Waals surface area contributed by atoms with Gasteiger partial charge in [-0.05, 0) is 28.7 Å². The zero-order valence-electron chi connectivity index (χ0n) is 5.94. The standard InChI is InChI=1S/C6H2F3IN2S/c7-6(8,9)3-1-2-4(13-3)5(10)12-11-2/h1H,(H,11,12). The summed E-state index contributed by atoms with van der Waals surface area (Å²) >= 11 is 2.63. The van der Waals surface area contributed by atoms with E-state index in [0.29, 0.717) is 25.3 Å². The first kappa shape index (κ1) is 9.25. The lowest BCUT2D eigenvalue weighted by Crippen LogP contribution is -2.00. The van der Waals surface area contributed by atoms with Gasteiger partial charge in [-0.1, -0.05) is 0 Å². The van der Waals surface area contributed by atoms with E-state index in [1.54, 1.807) is 0 Å².